The number of aliphatic hydroxyl groups is 7. The van der Waals surface area contributed by atoms with Crippen LogP contribution in [0.5, 0.6) is 0 Å². The highest BCUT2D eigenvalue weighted by molar-refractivity contribution is 5.69. The van der Waals surface area contributed by atoms with E-state index in [4.69, 9.17) is 18.9 Å². The lowest BCUT2D eigenvalue weighted by Gasteiger charge is -2.44. The molecule has 0 unspecified atom stereocenters. The number of unbranched alkanes of at least 4 members (excludes halogenated alkanes) is 8. The number of carbonyl (C=O) groups excluding carboxylic acids is 1. The third-order valence-corrected chi connectivity index (χ3v) is 6.68. The molecule has 0 radical (unpaired) electrons. The summed E-state index contributed by atoms with van der Waals surface area (Å²) in [6.07, 6.45) is -5.76. The fraction of sp³-hybridized carbons (Fsp3) is 0.958. The molecule has 2 heterocycles. The summed E-state index contributed by atoms with van der Waals surface area (Å²) in [5.74, 6) is -0.485. The van der Waals surface area contributed by atoms with Gasteiger partial charge in [0.1, 0.15) is 55.4 Å². The largest absolute Gasteiger partial charge is 0.463 e. The minimum Gasteiger partial charge on any atom is -0.463 e. The summed E-state index contributed by atoms with van der Waals surface area (Å²) in [5, 5.41) is 69.8. The molecule has 0 bridgehead atoms. The standard InChI is InChI=1S/C24H44O12/c1-2-3-4-5-6-7-8-9-10-11-16(26)33-13-15-18(28)20(30)22(32)24(35-15)36-23-21(31)19(29)17(27)14(12-25)34-23/h14-15,17-25,27-32H,2-13H2,1H3/t14-,15+,17-,18-,19-,20+,21+,22+,23-,24-/m1/s1. The van der Waals surface area contributed by atoms with Gasteiger partial charge >= 0.3 is 5.97 Å². The summed E-state index contributed by atoms with van der Waals surface area (Å²) in [4.78, 5) is 12.1. The molecule has 12 nitrogen and oxygen atoms in total. The number of carbonyl (C=O) groups is 1. The van der Waals surface area contributed by atoms with E-state index in [1.165, 1.54) is 32.1 Å². The molecule has 0 spiro atoms. The van der Waals surface area contributed by atoms with Crippen molar-refractivity contribution in [3.8, 4) is 0 Å². The van der Waals surface area contributed by atoms with E-state index in [1.807, 2.05) is 0 Å². The van der Waals surface area contributed by atoms with Gasteiger partial charge in [0.15, 0.2) is 12.6 Å². The molecule has 2 fully saturated rings. The van der Waals surface area contributed by atoms with E-state index >= 15 is 0 Å². The first-order valence-electron chi connectivity index (χ1n) is 13.0. The van der Waals surface area contributed by atoms with Crippen molar-refractivity contribution in [2.45, 2.75) is 133 Å². The van der Waals surface area contributed by atoms with Gasteiger partial charge in [-0.15, -0.1) is 0 Å². The van der Waals surface area contributed by atoms with Crippen LogP contribution in [0.1, 0.15) is 71.1 Å². The molecule has 0 aromatic heterocycles. The van der Waals surface area contributed by atoms with Crippen LogP contribution in [0.3, 0.4) is 0 Å². The molecule has 0 amide bonds. The van der Waals surface area contributed by atoms with Crippen LogP contribution >= 0.6 is 0 Å². The van der Waals surface area contributed by atoms with Crippen molar-refractivity contribution < 1.29 is 59.5 Å². The molecule has 0 aliphatic carbocycles. The van der Waals surface area contributed by atoms with E-state index < -0.39 is 80.6 Å². The van der Waals surface area contributed by atoms with Crippen LogP contribution in [0, 0.1) is 0 Å². The number of hydrogen-bond acceptors (Lipinski definition) is 12. The molecule has 2 aliphatic rings. The zero-order valence-corrected chi connectivity index (χ0v) is 20.9. The Bertz CT molecular complexity index is 620. The van der Waals surface area contributed by atoms with Crippen molar-refractivity contribution in [2.24, 2.45) is 0 Å². The first-order valence-corrected chi connectivity index (χ1v) is 13.0. The molecule has 36 heavy (non-hydrogen) atoms. The maximum absolute atomic E-state index is 12.1. The summed E-state index contributed by atoms with van der Waals surface area (Å²) < 4.78 is 21.2. The SMILES string of the molecule is CCCCCCCCCCCC(=O)OC[C@@H]1O[C@H](O[C@H]2O[C@H](CO)[C@@H](O)[C@@H](O)[C@@H]2O)[C@@H](O)[C@@H](O)[C@@H]1O. The molecular formula is C24H44O12. The highest BCUT2D eigenvalue weighted by Gasteiger charge is 2.49. The van der Waals surface area contributed by atoms with E-state index in [0.29, 0.717) is 6.42 Å². The van der Waals surface area contributed by atoms with Crippen LogP contribution < -0.4 is 0 Å². The summed E-state index contributed by atoms with van der Waals surface area (Å²) in [7, 11) is 0. The minimum absolute atomic E-state index is 0.203. The maximum Gasteiger partial charge on any atom is 0.305 e. The van der Waals surface area contributed by atoms with Gasteiger partial charge in [0, 0.05) is 6.42 Å². The Kier molecular flexibility index (Phi) is 14.0. The van der Waals surface area contributed by atoms with Crippen molar-refractivity contribution in [2.75, 3.05) is 13.2 Å². The number of ether oxygens (including phenoxy) is 4. The van der Waals surface area contributed by atoms with Crippen molar-refractivity contribution in [1.82, 2.24) is 0 Å². The molecule has 212 valence electrons. The Labute approximate surface area is 211 Å². The lowest BCUT2D eigenvalue weighted by molar-refractivity contribution is -0.376. The Morgan fingerprint density at radius 2 is 1.14 bits per heavy atom. The second kappa shape index (κ2) is 16.1. The van der Waals surface area contributed by atoms with Gasteiger partial charge in [0.05, 0.1) is 6.61 Å². The van der Waals surface area contributed by atoms with E-state index in [-0.39, 0.29) is 6.42 Å². The monoisotopic (exact) mass is 524 g/mol. The average Bonchev–Trinajstić information content (AvgIpc) is 2.87. The van der Waals surface area contributed by atoms with Gasteiger partial charge in [0.25, 0.3) is 0 Å². The Morgan fingerprint density at radius 1 is 0.667 bits per heavy atom. The van der Waals surface area contributed by atoms with Crippen molar-refractivity contribution in [3.05, 3.63) is 0 Å². The summed E-state index contributed by atoms with van der Waals surface area (Å²) >= 11 is 0. The van der Waals surface area contributed by atoms with E-state index in [2.05, 4.69) is 6.92 Å². The molecule has 0 aromatic carbocycles. The van der Waals surface area contributed by atoms with Crippen LogP contribution in [0.2, 0.25) is 0 Å². The predicted octanol–water partition coefficient (Wildman–Crippen LogP) is -0.925. The van der Waals surface area contributed by atoms with Crippen molar-refractivity contribution in [1.29, 1.82) is 0 Å². The van der Waals surface area contributed by atoms with Gasteiger partial charge in [-0.05, 0) is 6.42 Å². The molecule has 2 aliphatic heterocycles. The van der Waals surface area contributed by atoms with Gasteiger partial charge in [-0.2, -0.15) is 0 Å². The summed E-state index contributed by atoms with van der Waals surface area (Å²) in [6.45, 7) is 1.09. The molecule has 12 heteroatoms. The number of hydrogen-bond donors (Lipinski definition) is 7. The van der Waals surface area contributed by atoms with E-state index in [0.717, 1.165) is 19.3 Å². The lowest BCUT2D eigenvalue weighted by atomic mass is 9.98. The normalized spacial score (nSPS) is 37.1. The fourth-order valence-corrected chi connectivity index (χ4v) is 4.31. The molecule has 0 saturated carbocycles. The average molecular weight is 525 g/mol. The highest BCUT2D eigenvalue weighted by atomic mass is 16.8. The molecule has 2 saturated heterocycles. The Balaban J connectivity index is 1.76. The number of esters is 1. The Hall–Kier alpha value is -0.930. The van der Waals surface area contributed by atoms with Gasteiger partial charge < -0.3 is 54.7 Å². The second-order valence-electron chi connectivity index (χ2n) is 9.61. The summed E-state index contributed by atoms with van der Waals surface area (Å²) in [6, 6.07) is 0. The zero-order valence-electron chi connectivity index (χ0n) is 20.9. The Morgan fingerprint density at radius 3 is 1.67 bits per heavy atom. The third kappa shape index (κ3) is 9.12. The molecular weight excluding hydrogens is 480 g/mol. The predicted molar refractivity (Wildman–Crippen MR) is 124 cm³/mol. The number of rotatable bonds is 15. The third-order valence-electron chi connectivity index (χ3n) is 6.68. The number of aliphatic hydroxyl groups excluding tert-OH is 7. The van der Waals surface area contributed by atoms with Crippen LogP contribution in [0.25, 0.3) is 0 Å². The minimum atomic E-state index is -1.76. The molecule has 10 atom stereocenters. The van der Waals surface area contributed by atoms with Crippen LogP contribution in [-0.4, -0.2) is 116 Å². The van der Waals surface area contributed by atoms with E-state index in [9.17, 15) is 40.5 Å². The second-order valence-corrected chi connectivity index (χ2v) is 9.61. The maximum atomic E-state index is 12.1. The van der Waals surface area contributed by atoms with Crippen LogP contribution in [0.4, 0.5) is 0 Å². The molecule has 2 rings (SSSR count). The zero-order chi connectivity index (χ0) is 26.7. The fourth-order valence-electron chi connectivity index (χ4n) is 4.31. The quantitative estimate of drug-likeness (QED) is 0.103. The van der Waals surface area contributed by atoms with Gasteiger partial charge in [-0.1, -0.05) is 58.3 Å². The first-order chi connectivity index (χ1) is 17.2. The lowest BCUT2D eigenvalue weighted by Crippen LogP contribution is -2.63. The van der Waals surface area contributed by atoms with Gasteiger partial charge in [-0.25, -0.2) is 0 Å². The van der Waals surface area contributed by atoms with E-state index in [1.54, 1.807) is 0 Å². The first kappa shape index (κ1) is 31.3. The molecule has 7 N–H and O–H groups in total. The highest BCUT2D eigenvalue weighted by Crippen LogP contribution is 2.28. The topological polar surface area (TPSA) is 196 Å². The molecule has 0 aromatic rings. The van der Waals surface area contributed by atoms with Gasteiger partial charge in [-0.3, -0.25) is 4.79 Å². The summed E-state index contributed by atoms with van der Waals surface area (Å²) in [5.41, 5.74) is 0. The van der Waals surface area contributed by atoms with Gasteiger partial charge in [0.2, 0.25) is 0 Å². The smallest absolute Gasteiger partial charge is 0.305 e. The van der Waals surface area contributed by atoms with Crippen LogP contribution in [0.15, 0.2) is 0 Å². The van der Waals surface area contributed by atoms with Crippen molar-refractivity contribution >= 4 is 5.97 Å². The van der Waals surface area contributed by atoms with Crippen LogP contribution in [-0.2, 0) is 23.7 Å². The van der Waals surface area contributed by atoms with Crippen molar-refractivity contribution in [3.63, 3.8) is 0 Å².